The molecule has 0 saturated heterocycles. The van der Waals surface area contributed by atoms with Gasteiger partial charge in [0.2, 0.25) is 5.95 Å². The van der Waals surface area contributed by atoms with E-state index in [1.54, 1.807) is 20.4 Å². The normalized spacial score (nSPS) is 13.5. The van der Waals surface area contributed by atoms with Crippen molar-refractivity contribution in [2.75, 3.05) is 44.7 Å². The number of hydrogen-bond donors (Lipinski definition) is 2. The van der Waals surface area contributed by atoms with Gasteiger partial charge in [-0.25, -0.2) is 4.98 Å². The number of likely N-dealkylation sites (N-methyl/N-ethyl adjacent to an activating group) is 1. The number of methoxy groups -OCH3 is 1. The number of ether oxygens (including phenoxy) is 1. The van der Waals surface area contributed by atoms with Crippen LogP contribution in [0.2, 0.25) is 5.02 Å². The Kier molecular flexibility index (Phi) is 9.46. The maximum absolute atomic E-state index is 13.2. The number of anilines is 4. The topological polar surface area (TPSA) is 71.5 Å². The highest BCUT2D eigenvalue weighted by Crippen LogP contribution is 2.41. The minimum atomic E-state index is -4.49. The molecule has 0 bridgehead atoms. The summed E-state index contributed by atoms with van der Waals surface area (Å²) < 4.78 is 51.0. The molecule has 2 aromatic carbocycles. The number of benzene rings is 2. The van der Waals surface area contributed by atoms with E-state index in [9.17, 15) is 13.2 Å². The fraction of sp³-hybridized carbons (Fsp3) is 0.333. The van der Waals surface area contributed by atoms with Crippen LogP contribution in [0.5, 0.6) is 11.5 Å². The maximum Gasteiger partial charge on any atom is 0.416 e. The second kappa shape index (κ2) is 12.0. The summed E-state index contributed by atoms with van der Waals surface area (Å²) in [6.45, 7) is 5.38. The number of aromatic nitrogens is 2. The van der Waals surface area contributed by atoms with Gasteiger partial charge in [0.25, 0.3) is 0 Å². The van der Waals surface area contributed by atoms with Gasteiger partial charge in [0.1, 0.15) is 16.5 Å². The Labute approximate surface area is 223 Å². The molecular formula is C24H29ClF3N5O2P2. The van der Waals surface area contributed by atoms with Crippen LogP contribution in [0.15, 0.2) is 36.5 Å². The van der Waals surface area contributed by atoms with Crippen molar-refractivity contribution in [3.8, 4) is 11.5 Å². The maximum atomic E-state index is 13.2. The Morgan fingerprint density at radius 1 is 1.05 bits per heavy atom. The average Bonchev–Trinajstić information content (AvgIpc) is 2.80. The van der Waals surface area contributed by atoms with Crippen LogP contribution in [0.25, 0.3) is 0 Å². The van der Waals surface area contributed by atoms with Crippen molar-refractivity contribution in [2.24, 2.45) is 0 Å². The van der Waals surface area contributed by atoms with E-state index in [1.165, 1.54) is 23.4 Å². The molecule has 2 heterocycles. The van der Waals surface area contributed by atoms with Crippen LogP contribution in [0.1, 0.15) is 16.7 Å². The predicted octanol–water partition coefficient (Wildman–Crippen LogP) is 6.73. The second-order valence-corrected chi connectivity index (χ2v) is 10.8. The Hall–Kier alpha value is -2.38. The molecule has 3 aromatic rings. The zero-order valence-corrected chi connectivity index (χ0v) is 24.0. The quantitative estimate of drug-likeness (QED) is 0.304. The zero-order chi connectivity index (χ0) is 26.0. The lowest BCUT2D eigenvalue weighted by Gasteiger charge is -2.26. The molecule has 1 unspecified atom stereocenters. The molecule has 0 radical (unpaired) electrons. The van der Waals surface area contributed by atoms with Crippen molar-refractivity contribution >= 4 is 52.8 Å². The third kappa shape index (κ3) is 7.14. The van der Waals surface area contributed by atoms with Gasteiger partial charge in [-0.2, -0.15) is 28.1 Å². The summed E-state index contributed by atoms with van der Waals surface area (Å²) in [5, 5.41) is 6.36. The van der Waals surface area contributed by atoms with Gasteiger partial charge >= 0.3 is 6.18 Å². The van der Waals surface area contributed by atoms with Gasteiger partial charge in [-0.05, 0) is 68.3 Å². The summed E-state index contributed by atoms with van der Waals surface area (Å²) in [7, 11) is 2.69. The smallest absolute Gasteiger partial charge is 0.416 e. The van der Waals surface area contributed by atoms with Gasteiger partial charge in [0, 0.05) is 13.1 Å². The van der Waals surface area contributed by atoms with Crippen LogP contribution in [0.4, 0.5) is 36.3 Å². The van der Waals surface area contributed by atoms with Gasteiger partial charge in [0.15, 0.2) is 5.82 Å². The second-order valence-electron chi connectivity index (χ2n) is 8.56. The van der Waals surface area contributed by atoms with Crippen LogP contribution in [0, 0.1) is 0 Å². The molecule has 0 amide bonds. The molecule has 200 valence electrons. The first-order chi connectivity index (χ1) is 17.0. The van der Waals surface area contributed by atoms with E-state index in [-0.39, 0.29) is 32.4 Å². The molecule has 0 fully saturated rings. The average molecular weight is 574 g/mol. The largest absolute Gasteiger partial charge is 0.495 e. The number of nitrogens with one attached hydrogen (secondary N) is 2. The first-order valence-corrected chi connectivity index (χ1v) is 13.6. The highest BCUT2D eigenvalue weighted by molar-refractivity contribution is 7.51. The lowest BCUT2D eigenvalue weighted by molar-refractivity contribution is -0.137. The molecule has 13 heteroatoms. The Morgan fingerprint density at radius 2 is 1.81 bits per heavy atom. The fourth-order valence-corrected chi connectivity index (χ4v) is 4.51. The molecule has 0 spiro atoms. The van der Waals surface area contributed by atoms with E-state index in [1.807, 2.05) is 12.1 Å². The van der Waals surface area contributed by atoms with Crippen molar-refractivity contribution < 1.29 is 22.4 Å². The molecule has 1 atom stereocenters. The molecule has 0 saturated carbocycles. The molecule has 1 aliphatic rings. The summed E-state index contributed by atoms with van der Waals surface area (Å²) in [6.07, 6.45) is -2.15. The predicted molar refractivity (Wildman–Crippen MR) is 149 cm³/mol. The first kappa shape index (κ1) is 29.2. The van der Waals surface area contributed by atoms with E-state index in [4.69, 9.17) is 20.9 Å². The Balaban J connectivity index is 0.00000380. The molecule has 7 nitrogen and oxygen atoms in total. The highest BCUT2D eigenvalue weighted by atomic mass is 35.5. The number of halogens is 4. The van der Waals surface area contributed by atoms with E-state index < -0.39 is 19.9 Å². The van der Waals surface area contributed by atoms with Crippen LogP contribution in [-0.4, -0.2) is 48.9 Å². The summed E-state index contributed by atoms with van der Waals surface area (Å²) in [5.41, 5.74) is 2.61. The lowest BCUT2D eigenvalue weighted by atomic mass is 9.99. The van der Waals surface area contributed by atoms with E-state index >= 15 is 0 Å². The Morgan fingerprint density at radius 3 is 2.49 bits per heavy atom. The van der Waals surface area contributed by atoms with Gasteiger partial charge in [-0.15, -0.1) is 0 Å². The van der Waals surface area contributed by atoms with Crippen LogP contribution in [-0.2, 0) is 19.1 Å². The number of hydrogen-bond acceptors (Lipinski definition) is 7. The standard InChI is InChI=1S/C24H26ClF3N5O2P.H3P/c1-33-8-7-14-10-20(34-2)19(9-15(14)13-33)31-23-29-12-17(25)22(32-23)30-18-6-5-16(24(26,27)28)11-21(18)35-36(3)4;/h5-6,9-12H,7-8,13H2,1-4H3,(H2,29,30,31,32);1H3. The minimum absolute atomic E-state index is 0. The molecule has 1 aromatic heterocycles. The summed E-state index contributed by atoms with van der Waals surface area (Å²) in [4.78, 5) is 10.9. The van der Waals surface area contributed by atoms with Crippen LogP contribution >= 0.6 is 29.6 Å². The van der Waals surface area contributed by atoms with Crippen molar-refractivity contribution in [3.63, 3.8) is 0 Å². The number of nitrogens with zero attached hydrogens (tertiary/aromatic N) is 3. The number of alkyl halides is 3. The minimum Gasteiger partial charge on any atom is -0.495 e. The van der Waals surface area contributed by atoms with Crippen LogP contribution in [0.3, 0.4) is 0 Å². The van der Waals surface area contributed by atoms with Crippen molar-refractivity contribution in [3.05, 3.63) is 58.2 Å². The monoisotopic (exact) mass is 573 g/mol. The third-order valence-corrected chi connectivity index (χ3v) is 6.40. The summed E-state index contributed by atoms with van der Waals surface area (Å²) in [5.74, 6) is 1.17. The molecular weight excluding hydrogens is 545 g/mol. The van der Waals surface area contributed by atoms with E-state index in [2.05, 4.69) is 32.5 Å². The van der Waals surface area contributed by atoms with Gasteiger partial charge in [-0.3, -0.25) is 0 Å². The molecule has 4 rings (SSSR count). The fourth-order valence-electron chi connectivity index (χ4n) is 3.83. The zero-order valence-electron chi connectivity index (χ0n) is 20.9. The molecule has 0 aliphatic carbocycles. The highest BCUT2D eigenvalue weighted by Gasteiger charge is 2.31. The lowest BCUT2D eigenvalue weighted by Crippen LogP contribution is -2.26. The summed E-state index contributed by atoms with van der Waals surface area (Å²) in [6, 6.07) is 7.27. The molecule has 37 heavy (non-hydrogen) atoms. The summed E-state index contributed by atoms with van der Waals surface area (Å²) >= 11 is 6.32. The van der Waals surface area contributed by atoms with Crippen molar-refractivity contribution in [1.82, 2.24) is 14.9 Å². The third-order valence-electron chi connectivity index (χ3n) is 5.56. The van der Waals surface area contributed by atoms with Gasteiger partial charge in [-0.1, -0.05) is 11.6 Å². The Bertz CT molecular complexity index is 1260. The van der Waals surface area contributed by atoms with Gasteiger partial charge in [0.05, 0.1) is 38.4 Å². The van der Waals surface area contributed by atoms with Crippen molar-refractivity contribution in [1.29, 1.82) is 0 Å². The van der Waals surface area contributed by atoms with Crippen molar-refractivity contribution in [2.45, 2.75) is 19.1 Å². The molecule has 2 N–H and O–H groups in total. The first-order valence-electron chi connectivity index (χ1n) is 11.0. The number of rotatable bonds is 7. The van der Waals surface area contributed by atoms with E-state index in [0.29, 0.717) is 17.1 Å². The van der Waals surface area contributed by atoms with Gasteiger partial charge < -0.3 is 24.8 Å². The SMILES string of the molecule is COc1cc2c(cc1Nc1ncc(Cl)c(Nc3ccc(C(F)(F)F)cc3OP(C)C)n1)CN(C)CC2.P. The van der Waals surface area contributed by atoms with E-state index in [0.717, 1.165) is 31.6 Å². The molecule has 1 aliphatic heterocycles. The number of fused-ring (bicyclic) bond motifs is 1. The van der Waals surface area contributed by atoms with Crippen LogP contribution < -0.4 is 19.9 Å².